The number of hydrogen-bond acceptors (Lipinski definition) is 4. The van der Waals surface area contributed by atoms with Crippen molar-refractivity contribution in [1.29, 1.82) is 0 Å². The van der Waals surface area contributed by atoms with E-state index in [0.29, 0.717) is 31.9 Å². The largest absolute Gasteiger partial charge is 0.486 e. The van der Waals surface area contributed by atoms with Crippen LogP contribution in [0.5, 0.6) is 11.5 Å². The highest BCUT2D eigenvalue weighted by atomic mass is 19.1. The van der Waals surface area contributed by atoms with Crippen LogP contribution >= 0.6 is 0 Å². The number of benzene rings is 3. The van der Waals surface area contributed by atoms with Gasteiger partial charge >= 0.3 is 0 Å². The van der Waals surface area contributed by atoms with Gasteiger partial charge in [0.05, 0.1) is 0 Å². The highest BCUT2D eigenvalue weighted by Gasteiger charge is 2.19. The van der Waals surface area contributed by atoms with Crippen LogP contribution in [0.1, 0.15) is 42.6 Å². The summed E-state index contributed by atoms with van der Waals surface area (Å²) in [6, 6.07) is 16.0. The molecule has 0 saturated carbocycles. The first-order valence-corrected chi connectivity index (χ1v) is 12.2. The lowest BCUT2D eigenvalue weighted by atomic mass is 10.1. The van der Waals surface area contributed by atoms with Crippen LogP contribution in [0.4, 0.5) is 4.39 Å². The molecule has 0 atom stereocenters. The molecule has 5 nitrogen and oxygen atoms in total. The predicted octanol–water partition coefficient (Wildman–Crippen LogP) is 5.51. The molecule has 3 aromatic rings. The minimum absolute atomic E-state index is 0.0241. The van der Waals surface area contributed by atoms with Crippen molar-refractivity contribution < 1.29 is 18.7 Å². The highest BCUT2D eigenvalue weighted by Crippen LogP contribution is 2.31. The van der Waals surface area contributed by atoms with E-state index >= 15 is 0 Å². The molecule has 0 aliphatic carbocycles. The fraction of sp³-hybridized carbons (Fsp3) is 0.393. The number of carbonyl (C=O) groups is 1. The van der Waals surface area contributed by atoms with Crippen LogP contribution in [0.25, 0.3) is 10.8 Å². The summed E-state index contributed by atoms with van der Waals surface area (Å²) in [5, 5.41) is 1.64. The lowest BCUT2D eigenvalue weighted by Gasteiger charge is -2.25. The fourth-order valence-electron chi connectivity index (χ4n) is 4.37. The van der Waals surface area contributed by atoms with Gasteiger partial charge in [-0.3, -0.25) is 4.79 Å². The summed E-state index contributed by atoms with van der Waals surface area (Å²) in [5.74, 6) is 1.17. The second-order valence-electron chi connectivity index (χ2n) is 8.64. The first-order valence-electron chi connectivity index (χ1n) is 12.2. The molecule has 0 unspecified atom stereocenters. The molecule has 0 fully saturated rings. The molecule has 1 aliphatic rings. The fourth-order valence-corrected chi connectivity index (χ4v) is 4.37. The van der Waals surface area contributed by atoms with Gasteiger partial charge in [-0.2, -0.15) is 0 Å². The SMILES string of the molecule is CCN(CC)CCCCN(Cc1ccc2c(c1)OCCO2)C(=O)c1ccc2cc(F)ccc2c1. The zero-order chi connectivity index (χ0) is 23.9. The summed E-state index contributed by atoms with van der Waals surface area (Å²) < 4.78 is 24.9. The van der Waals surface area contributed by atoms with Gasteiger partial charge in [0.2, 0.25) is 0 Å². The van der Waals surface area contributed by atoms with Crippen molar-refractivity contribution >= 4 is 16.7 Å². The number of nitrogens with zero attached hydrogens (tertiary/aromatic N) is 2. The average molecular weight is 465 g/mol. The van der Waals surface area contributed by atoms with Crippen molar-refractivity contribution in [3.63, 3.8) is 0 Å². The van der Waals surface area contributed by atoms with E-state index in [1.54, 1.807) is 12.1 Å². The zero-order valence-electron chi connectivity index (χ0n) is 20.1. The lowest BCUT2D eigenvalue weighted by molar-refractivity contribution is 0.0738. The molecule has 34 heavy (non-hydrogen) atoms. The van der Waals surface area contributed by atoms with Gasteiger partial charge in [0.1, 0.15) is 19.0 Å². The maximum atomic E-state index is 13.6. The van der Waals surface area contributed by atoms with Crippen molar-refractivity contribution in [2.45, 2.75) is 33.2 Å². The van der Waals surface area contributed by atoms with E-state index in [9.17, 15) is 9.18 Å². The Morgan fingerprint density at radius 3 is 2.35 bits per heavy atom. The number of halogens is 1. The number of carbonyl (C=O) groups excluding carboxylic acids is 1. The third kappa shape index (κ3) is 5.86. The predicted molar refractivity (Wildman–Crippen MR) is 133 cm³/mol. The molecule has 6 heteroatoms. The van der Waals surface area contributed by atoms with Gasteiger partial charge in [-0.05, 0) is 85.2 Å². The van der Waals surface area contributed by atoms with E-state index in [1.165, 1.54) is 12.1 Å². The minimum Gasteiger partial charge on any atom is -0.486 e. The molecule has 180 valence electrons. The van der Waals surface area contributed by atoms with Gasteiger partial charge in [-0.1, -0.05) is 32.0 Å². The molecule has 3 aromatic carbocycles. The van der Waals surface area contributed by atoms with Crippen molar-refractivity contribution in [3.8, 4) is 11.5 Å². The third-order valence-electron chi connectivity index (χ3n) is 6.36. The number of hydrogen-bond donors (Lipinski definition) is 0. The molecule has 1 aliphatic heterocycles. The number of amides is 1. The maximum Gasteiger partial charge on any atom is 0.254 e. The van der Waals surface area contributed by atoms with Gasteiger partial charge in [-0.15, -0.1) is 0 Å². The van der Waals surface area contributed by atoms with Gasteiger partial charge in [0.15, 0.2) is 11.5 Å². The van der Waals surface area contributed by atoms with Crippen LogP contribution in [-0.2, 0) is 6.54 Å². The molecule has 0 bridgehead atoms. The summed E-state index contributed by atoms with van der Waals surface area (Å²) in [6.07, 6.45) is 1.95. The van der Waals surface area contributed by atoms with Crippen LogP contribution in [0, 0.1) is 5.82 Å². The van der Waals surface area contributed by atoms with E-state index in [2.05, 4.69) is 18.7 Å². The van der Waals surface area contributed by atoms with E-state index in [4.69, 9.17) is 9.47 Å². The Balaban J connectivity index is 1.52. The smallest absolute Gasteiger partial charge is 0.254 e. The maximum absolute atomic E-state index is 13.6. The van der Waals surface area contributed by atoms with E-state index in [0.717, 1.165) is 60.3 Å². The van der Waals surface area contributed by atoms with E-state index < -0.39 is 0 Å². The van der Waals surface area contributed by atoms with E-state index in [-0.39, 0.29) is 11.7 Å². The van der Waals surface area contributed by atoms with Crippen LogP contribution in [0.15, 0.2) is 54.6 Å². The Kier molecular flexibility index (Phi) is 8.01. The van der Waals surface area contributed by atoms with Crippen molar-refractivity contribution in [3.05, 3.63) is 71.5 Å². The highest BCUT2D eigenvalue weighted by molar-refractivity contribution is 5.98. The molecule has 0 radical (unpaired) electrons. The quantitative estimate of drug-likeness (QED) is 0.371. The molecule has 0 spiro atoms. The first kappa shape index (κ1) is 24.0. The Morgan fingerprint density at radius 2 is 1.56 bits per heavy atom. The van der Waals surface area contributed by atoms with Gasteiger partial charge in [0.25, 0.3) is 5.91 Å². The molecule has 0 N–H and O–H groups in total. The van der Waals surface area contributed by atoms with Crippen molar-refractivity contribution in [2.75, 3.05) is 39.4 Å². The number of ether oxygens (including phenoxy) is 2. The third-order valence-corrected chi connectivity index (χ3v) is 6.36. The summed E-state index contributed by atoms with van der Waals surface area (Å²) >= 11 is 0. The van der Waals surface area contributed by atoms with Crippen molar-refractivity contribution in [1.82, 2.24) is 9.80 Å². The minimum atomic E-state index is -0.278. The summed E-state index contributed by atoms with van der Waals surface area (Å²) in [6.45, 7) is 9.68. The van der Waals surface area contributed by atoms with Crippen LogP contribution in [0.3, 0.4) is 0 Å². The monoisotopic (exact) mass is 464 g/mol. The van der Waals surface area contributed by atoms with E-state index in [1.807, 2.05) is 35.2 Å². The Morgan fingerprint density at radius 1 is 0.853 bits per heavy atom. The van der Waals surface area contributed by atoms with Crippen LogP contribution in [-0.4, -0.2) is 55.1 Å². The molecule has 0 aromatic heterocycles. The number of fused-ring (bicyclic) bond motifs is 2. The van der Waals surface area contributed by atoms with Gasteiger partial charge in [0, 0.05) is 18.7 Å². The van der Waals surface area contributed by atoms with Gasteiger partial charge < -0.3 is 19.3 Å². The Labute approximate surface area is 201 Å². The molecular formula is C28H33FN2O3. The topological polar surface area (TPSA) is 42.0 Å². The summed E-state index contributed by atoms with van der Waals surface area (Å²) in [4.78, 5) is 17.9. The van der Waals surface area contributed by atoms with Crippen molar-refractivity contribution in [2.24, 2.45) is 0 Å². The normalized spacial score (nSPS) is 12.8. The molecule has 1 amide bonds. The first-order chi connectivity index (χ1) is 16.6. The average Bonchev–Trinajstić information content (AvgIpc) is 2.87. The second-order valence-corrected chi connectivity index (χ2v) is 8.64. The molecule has 0 saturated heterocycles. The lowest BCUT2D eigenvalue weighted by Crippen LogP contribution is -2.32. The number of unbranched alkanes of at least 4 members (excludes halogenated alkanes) is 1. The second kappa shape index (κ2) is 11.3. The Hall–Kier alpha value is -3.12. The summed E-state index contributed by atoms with van der Waals surface area (Å²) in [5.41, 5.74) is 1.62. The Bertz CT molecular complexity index is 1130. The van der Waals surface area contributed by atoms with Crippen LogP contribution < -0.4 is 9.47 Å². The molecule has 4 rings (SSSR count). The molecule has 1 heterocycles. The number of rotatable bonds is 10. The van der Waals surface area contributed by atoms with Crippen LogP contribution in [0.2, 0.25) is 0 Å². The molecular weight excluding hydrogens is 431 g/mol. The summed E-state index contributed by atoms with van der Waals surface area (Å²) in [7, 11) is 0. The zero-order valence-corrected chi connectivity index (χ0v) is 20.1. The van der Waals surface area contributed by atoms with Gasteiger partial charge in [-0.25, -0.2) is 4.39 Å². The standard InChI is InChI=1S/C28H33FN2O3/c1-3-30(4-2)13-5-6-14-31(20-21-7-12-26-27(17-21)34-16-15-33-26)28(32)24-9-8-23-19-25(29)11-10-22(23)18-24/h7-12,17-19H,3-6,13-16,20H2,1-2H3.